The number of aliphatic carboxylic acids is 1. The van der Waals surface area contributed by atoms with Crippen molar-refractivity contribution in [2.75, 3.05) is 0 Å². The minimum Gasteiger partial charge on any atom is -0.477 e. The van der Waals surface area contributed by atoms with Crippen LogP contribution in [0.1, 0.15) is 35.7 Å². The van der Waals surface area contributed by atoms with E-state index in [9.17, 15) is 9.59 Å². The quantitative estimate of drug-likeness (QED) is 0.758. The summed E-state index contributed by atoms with van der Waals surface area (Å²) < 4.78 is 0. The van der Waals surface area contributed by atoms with Crippen LogP contribution < -0.4 is 5.32 Å². The first-order chi connectivity index (χ1) is 8.54. The van der Waals surface area contributed by atoms with E-state index in [1.54, 1.807) is 12.1 Å². The first-order valence-electron chi connectivity index (χ1n) is 5.87. The van der Waals surface area contributed by atoms with Crippen molar-refractivity contribution in [2.24, 2.45) is 0 Å². The number of carbonyl (C=O) groups excluding carboxylic acids is 1. The summed E-state index contributed by atoms with van der Waals surface area (Å²) in [5.41, 5.74) is 1.28. The standard InChI is InChI=1S/C14H17NO3/c1-3-4-5-11-6-8-12(9-7-11)13(16)15-10(2)14(17)18/h6-9H,2-5H2,1H3,(H,15,16)(H,17,18). The Morgan fingerprint density at radius 3 is 2.39 bits per heavy atom. The summed E-state index contributed by atoms with van der Waals surface area (Å²) in [4.78, 5) is 22.2. The van der Waals surface area contributed by atoms with E-state index in [0.717, 1.165) is 19.3 Å². The van der Waals surface area contributed by atoms with Gasteiger partial charge < -0.3 is 10.4 Å². The van der Waals surface area contributed by atoms with E-state index in [0.29, 0.717) is 5.56 Å². The lowest BCUT2D eigenvalue weighted by Gasteiger charge is -2.05. The van der Waals surface area contributed by atoms with E-state index < -0.39 is 11.9 Å². The maximum absolute atomic E-state index is 11.6. The second kappa shape index (κ2) is 6.59. The molecule has 0 atom stereocenters. The Hall–Kier alpha value is -2.10. The van der Waals surface area contributed by atoms with Gasteiger partial charge in [-0.15, -0.1) is 0 Å². The van der Waals surface area contributed by atoms with Crippen LogP contribution in [-0.4, -0.2) is 17.0 Å². The highest BCUT2D eigenvalue weighted by Gasteiger charge is 2.10. The Balaban J connectivity index is 2.64. The number of hydrogen-bond acceptors (Lipinski definition) is 2. The summed E-state index contributed by atoms with van der Waals surface area (Å²) in [5.74, 6) is -1.69. The molecule has 0 unspecified atom stereocenters. The number of carboxylic acid groups (broad SMARTS) is 1. The van der Waals surface area contributed by atoms with Crippen LogP contribution in [0.25, 0.3) is 0 Å². The van der Waals surface area contributed by atoms with Gasteiger partial charge in [-0.05, 0) is 30.5 Å². The van der Waals surface area contributed by atoms with Crippen LogP contribution in [0.5, 0.6) is 0 Å². The van der Waals surface area contributed by atoms with Gasteiger partial charge in [-0.1, -0.05) is 32.1 Å². The van der Waals surface area contributed by atoms with Gasteiger partial charge in [0, 0.05) is 5.56 Å². The van der Waals surface area contributed by atoms with Gasteiger partial charge in [-0.2, -0.15) is 0 Å². The monoisotopic (exact) mass is 247 g/mol. The normalized spacial score (nSPS) is 9.83. The number of aryl methyl sites for hydroxylation is 1. The molecule has 0 bridgehead atoms. The fourth-order valence-corrected chi connectivity index (χ4v) is 1.47. The van der Waals surface area contributed by atoms with Crippen LogP contribution in [-0.2, 0) is 11.2 Å². The van der Waals surface area contributed by atoms with E-state index in [1.807, 2.05) is 12.1 Å². The van der Waals surface area contributed by atoms with Crippen LogP contribution in [0.4, 0.5) is 0 Å². The lowest BCUT2D eigenvalue weighted by molar-refractivity contribution is -0.132. The van der Waals surface area contributed by atoms with Gasteiger partial charge in [-0.3, -0.25) is 4.79 Å². The molecule has 18 heavy (non-hydrogen) atoms. The van der Waals surface area contributed by atoms with Crippen molar-refractivity contribution in [2.45, 2.75) is 26.2 Å². The molecule has 0 aromatic heterocycles. The van der Waals surface area contributed by atoms with Crippen LogP contribution in [0.15, 0.2) is 36.5 Å². The van der Waals surface area contributed by atoms with Gasteiger partial charge in [0.05, 0.1) is 0 Å². The van der Waals surface area contributed by atoms with Crippen molar-refractivity contribution >= 4 is 11.9 Å². The molecule has 0 fully saturated rings. The first kappa shape index (κ1) is 14.0. The van der Waals surface area contributed by atoms with Crippen LogP contribution in [0.2, 0.25) is 0 Å². The van der Waals surface area contributed by atoms with Gasteiger partial charge in [0.15, 0.2) is 0 Å². The SMILES string of the molecule is C=C(NC(=O)c1ccc(CCCC)cc1)C(=O)O. The smallest absolute Gasteiger partial charge is 0.351 e. The van der Waals surface area contributed by atoms with E-state index in [4.69, 9.17) is 5.11 Å². The fraction of sp³-hybridized carbons (Fsp3) is 0.286. The van der Waals surface area contributed by atoms with Crippen molar-refractivity contribution in [3.05, 3.63) is 47.7 Å². The summed E-state index contributed by atoms with van der Waals surface area (Å²) in [5, 5.41) is 10.8. The fourth-order valence-electron chi connectivity index (χ4n) is 1.47. The molecule has 0 aliphatic heterocycles. The van der Waals surface area contributed by atoms with Crippen LogP contribution in [0, 0.1) is 0 Å². The highest BCUT2D eigenvalue weighted by molar-refractivity contribution is 6.00. The summed E-state index contributed by atoms with van der Waals surface area (Å²) >= 11 is 0. The largest absolute Gasteiger partial charge is 0.477 e. The highest BCUT2D eigenvalue weighted by atomic mass is 16.4. The number of carboxylic acids is 1. The molecule has 0 aliphatic rings. The van der Waals surface area contributed by atoms with Crippen molar-refractivity contribution < 1.29 is 14.7 Å². The number of carbonyl (C=O) groups is 2. The van der Waals surface area contributed by atoms with Crippen molar-refractivity contribution in [1.82, 2.24) is 5.32 Å². The number of nitrogens with one attached hydrogen (secondary N) is 1. The van der Waals surface area contributed by atoms with E-state index >= 15 is 0 Å². The molecule has 1 rings (SSSR count). The molecule has 0 heterocycles. The molecule has 0 aliphatic carbocycles. The van der Waals surface area contributed by atoms with Crippen molar-refractivity contribution in [3.63, 3.8) is 0 Å². The maximum atomic E-state index is 11.6. The van der Waals surface area contributed by atoms with Crippen molar-refractivity contribution in [1.29, 1.82) is 0 Å². The molecule has 2 N–H and O–H groups in total. The Morgan fingerprint density at radius 2 is 1.89 bits per heavy atom. The lowest BCUT2D eigenvalue weighted by atomic mass is 10.1. The number of rotatable bonds is 6. The first-order valence-corrected chi connectivity index (χ1v) is 5.87. The molecule has 1 amide bonds. The number of unbranched alkanes of at least 4 members (excludes halogenated alkanes) is 1. The predicted molar refractivity (Wildman–Crippen MR) is 69.3 cm³/mol. The Morgan fingerprint density at radius 1 is 1.28 bits per heavy atom. The zero-order valence-corrected chi connectivity index (χ0v) is 10.4. The summed E-state index contributed by atoms with van der Waals surface area (Å²) in [7, 11) is 0. The van der Waals surface area contributed by atoms with Crippen molar-refractivity contribution in [3.8, 4) is 0 Å². The molecule has 0 radical (unpaired) electrons. The molecule has 0 saturated carbocycles. The van der Waals surface area contributed by atoms with Gasteiger partial charge in [-0.25, -0.2) is 4.79 Å². The Bertz CT molecular complexity index is 449. The average molecular weight is 247 g/mol. The maximum Gasteiger partial charge on any atom is 0.351 e. The molecule has 0 saturated heterocycles. The third kappa shape index (κ3) is 4.05. The van der Waals surface area contributed by atoms with Gasteiger partial charge in [0.2, 0.25) is 0 Å². The third-order valence-electron chi connectivity index (χ3n) is 2.56. The Labute approximate surface area is 106 Å². The average Bonchev–Trinajstić information content (AvgIpc) is 2.36. The van der Waals surface area contributed by atoms with E-state index in [1.165, 1.54) is 5.56 Å². The summed E-state index contributed by atoms with van der Waals surface area (Å²) in [6.45, 7) is 5.37. The lowest BCUT2D eigenvalue weighted by Crippen LogP contribution is -2.26. The van der Waals surface area contributed by atoms with E-state index in [-0.39, 0.29) is 5.70 Å². The zero-order chi connectivity index (χ0) is 13.5. The molecule has 4 heteroatoms. The third-order valence-corrected chi connectivity index (χ3v) is 2.56. The predicted octanol–water partition coefficient (Wildman–Crippen LogP) is 2.36. The molecule has 1 aromatic carbocycles. The van der Waals surface area contributed by atoms with Gasteiger partial charge >= 0.3 is 5.97 Å². The van der Waals surface area contributed by atoms with Gasteiger partial charge in [0.1, 0.15) is 5.70 Å². The molecule has 1 aromatic rings. The minimum atomic E-state index is -1.23. The minimum absolute atomic E-state index is 0.324. The second-order valence-electron chi connectivity index (χ2n) is 4.04. The summed E-state index contributed by atoms with van der Waals surface area (Å²) in [6, 6.07) is 7.15. The van der Waals surface area contributed by atoms with Crippen LogP contribution in [0.3, 0.4) is 0 Å². The number of hydrogen-bond donors (Lipinski definition) is 2. The molecular formula is C14H17NO3. The van der Waals surface area contributed by atoms with Crippen LogP contribution >= 0.6 is 0 Å². The zero-order valence-electron chi connectivity index (χ0n) is 10.4. The van der Waals surface area contributed by atoms with Gasteiger partial charge in [0.25, 0.3) is 5.91 Å². The highest BCUT2D eigenvalue weighted by Crippen LogP contribution is 2.08. The number of amides is 1. The summed E-state index contributed by atoms with van der Waals surface area (Å²) in [6.07, 6.45) is 3.22. The molecular weight excluding hydrogens is 230 g/mol. The second-order valence-corrected chi connectivity index (χ2v) is 4.04. The Kier molecular flexibility index (Phi) is 5.11. The van der Waals surface area contributed by atoms with E-state index in [2.05, 4.69) is 18.8 Å². The topological polar surface area (TPSA) is 66.4 Å². The number of benzene rings is 1. The molecule has 0 spiro atoms. The molecule has 96 valence electrons. The molecule has 4 nitrogen and oxygen atoms in total.